The lowest BCUT2D eigenvalue weighted by atomic mass is 10.1. The molecule has 2 rings (SSSR count). The van der Waals surface area contributed by atoms with E-state index in [0.717, 1.165) is 10.0 Å². The van der Waals surface area contributed by atoms with Gasteiger partial charge in [-0.2, -0.15) is 0 Å². The van der Waals surface area contributed by atoms with Gasteiger partial charge in [-0.05, 0) is 48.0 Å². The second kappa shape index (κ2) is 7.30. The Hall–Kier alpha value is -1.32. The Kier molecular flexibility index (Phi) is 5.65. The first kappa shape index (κ1) is 17.0. The van der Waals surface area contributed by atoms with Gasteiger partial charge in [-0.15, -0.1) is 11.8 Å². The molecular formula is C19H19BrOS. The minimum Gasteiger partial charge on any atom is -0.289 e. The molecule has 2 aromatic rings. The fraction of sp³-hybridized carbons (Fsp3) is 0.211. The molecule has 0 fully saturated rings. The van der Waals surface area contributed by atoms with Crippen LogP contribution in [-0.4, -0.2) is 10.5 Å². The van der Waals surface area contributed by atoms with Crippen LogP contribution in [0.4, 0.5) is 0 Å². The highest BCUT2D eigenvalue weighted by atomic mass is 79.9. The minimum atomic E-state index is 0.0167. The lowest BCUT2D eigenvalue weighted by molar-refractivity contribution is 0.104. The van der Waals surface area contributed by atoms with E-state index in [1.807, 2.05) is 60.3 Å². The van der Waals surface area contributed by atoms with Crippen LogP contribution in [0.15, 0.2) is 64.0 Å². The number of benzene rings is 2. The summed E-state index contributed by atoms with van der Waals surface area (Å²) in [5.74, 6) is 0.0167. The average Bonchev–Trinajstić information content (AvgIpc) is 2.45. The lowest BCUT2D eigenvalue weighted by Gasteiger charge is -2.18. The average molecular weight is 375 g/mol. The van der Waals surface area contributed by atoms with E-state index >= 15 is 0 Å². The van der Waals surface area contributed by atoms with Crippen LogP contribution in [0.1, 0.15) is 36.7 Å². The molecule has 0 amide bonds. The van der Waals surface area contributed by atoms with Gasteiger partial charge in [0.2, 0.25) is 0 Å². The number of ketones is 1. The molecule has 0 saturated heterocycles. The third kappa shape index (κ3) is 5.15. The fourth-order valence-electron chi connectivity index (χ4n) is 1.92. The Bertz CT molecular complexity index is 681. The monoisotopic (exact) mass is 374 g/mol. The van der Waals surface area contributed by atoms with Crippen LogP contribution >= 0.6 is 27.7 Å². The Balaban J connectivity index is 2.19. The molecule has 0 spiro atoms. The second-order valence-electron chi connectivity index (χ2n) is 5.96. The summed E-state index contributed by atoms with van der Waals surface area (Å²) in [5.41, 5.74) is 1.77. The van der Waals surface area contributed by atoms with Crippen LogP contribution in [0.2, 0.25) is 0 Å². The van der Waals surface area contributed by atoms with Crippen LogP contribution < -0.4 is 0 Å². The largest absolute Gasteiger partial charge is 0.289 e. The second-order valence-corrected chi connectivity index (χ2v) is 8.74. The zero-order valence-corrected chi connectivity index (χ0v) is 15.4. The number of carbonyl (C=O) groups excluding carboxylic acids is 1. The summed E-state index contributed by atoms with van der Waals surface area (Å²) in [6, 6.07) is 15.6. The SMILES string of the molecule is CC(C)(C)Sc1ccccc1/C=C/C(=O)c1ccc(Br)cc1. The smallest absolute Gasteiger partial charge is 0.185 e. The molecule has 0 aliphatic carbocycles. The number of carbonyl (C=O) groups is 1. The molecular weight excluding hydrogens is 356 g/mol. The first-order chi connectivity index (χ1) is 10.3. The molecule has 0 bridgehead atoms. The number of rotatable bonds is 4. The van der Waals surface area contributed by atoms with Gasteiger partial charge < -0.3 is 0 Å². The molecule has 114 valence electrons. The Morgan fingerprint density at radius 2 is 1.68 bits per heavy atom. The molecule has 1 nitrogen and oxygen atoms in total. The molecule has 0 N–H and O–H groups in total. The van der Waals surface area contributed by atoms with Crippen molar-refractivity contribution in [1.29, 1.82) is 0 Å². The van der Waals surface area contributed by atoms with E-state index in [-0.39, 0.29) is 10.5 Å². The number of halogens is 1. The first-order valence-electron chi connectivity index (χ1n) is 7.11. The number of allylic oxidation sites excluding steroid dienone is 1. The summed E-state index contributed by atoms with van der Waals surface area (Å²) in [4.78, 5) is 13.4. The van der Waals surface area contributed by atoms with Crippen molar-refractivity contribution < 1.29 is 4.79 Å². The van der Waals surface area contributed by atoms with Gasteiger partial charge in [0.05, 0.1) is 0 Å². The summed E-state index contributed by atoms with van der Waals surface area (Å²) >= 11 is 5.18. The van der Waals surface area contributed by atoms with Crippen LogP contribution in [0.3, 0.4) is 0 Å². The number of hydrogen-bond acceptors (Lipinski definition) is 2. The molecule has 0 atom stereocenters. The van der Waals surface area contributed by atoms with E-state index in [2.05, 4.69) is 42.8 Å². The van der Waals surface area contributed by atoms with Gasteiger partial charge in [0, 0.05) is 19.7 Å². The zero-order valence-electron chi connectivity index (χ0n) is 13.0. The van der Waals surface area contributed by atoms with Crippen LogP contribution in [-0.2, 0) is 0 Å². The topological polar surface area (TPSA) is 17.1 Å². The van der Waals surface area contributed by atoms with Crippen molar-refractivity contribution in [2.75, 3.05) is 0 Å². The van der Waals surface area contributed by atoms with E-state index < -0.39 is 0 Å². The van der Waals surface area contributed by atoms with Crippen LogP contribution in [0, 0.1) is 0 Å². The Labute approximate surface area is 145 Å². The molecule has 0 aromatic heterocycles. The van der Waals surface area contributed by atoms with Gasteiger partial charge in [0.25, 0.3) is 0 Å². The maximum absolute atomic E-state index is 12.2. The molecule has 0 radical (unpaired) electrons. The van der Waals surface area contributed by atoms with E-state index in [9.17, 15) is 4.79 Å². The molecule has 0 aliphatic rings. The lowest BCUT2D eigenvalue weighted by Crippen LogP contribution is -2.07. The highest BCUT2D eigenvalue weighted by molar-refractivity contribution is 9.10. The Morgan fingerprint density at radius 1 is 1.05 bits per heavy atom. The predicted molar refractivity (Wildman–Crippen MR) is 99.6 cm³/mol. The molecule has 0 aliphatic heterocycles. The van der Waals surface area contributed by atoms with Crippen LogP contribution in [0.5, 0.6) is 0 Å². The van der Waals surface area contributed by atoms with Crippen molar-refractivity contribution >= 4 is 39.6 Å². The van der Waals surface area contributed by atoms with E-state index in [4.69, 9.17) is 0 Å². The van der Waals surface area contributed by atoms with Gasteiger partial charge in [0.1, 0.15) is 0 Å². The Morgan fingerprint density at radius 3 is 2.32 bits per heavy atom. The number of hydrogen-bond donors (Lipinski definition) is 0. The molecule has 22 heavy (non-hydrogen) atoms. The number of thioether (sulfide) groups is 1. The van der Waals surface area contributed by atoms with Crippen molar-refractivity contribution in [3.05, 3.63) is 70.2 Å². The summed E-state index contributed by atoms with van der Waals surface area (Å²) in [6.07, 6.45) is 3.55. The molecule has 0 saturated carbocycles. The van der Waals surface area contributed by atoms with Crippen molar-refractivity contribution in [3.8, 4) is 0 Å². The molecule has 0 unspecified atom stereocenters. The molecule has 3 heteroatoms. The summed E-state index contributed by atoms with van der Waals surface area (Å²) in [6.45, 7) is 6.56. The van der Waals surface area contributed by atoms with Crippen LogP contribution in [0.25, 0.3) is 6.08 Å². The summed E-state index contributed by atoms with van der Waals surface area (Å²) < 4.78 is 1.11. The minimum absolute atomic E-state index is 0.0167. The highest BCUT2D eigenvalue weighted by Gasteiger charge is 2.13. The third-order valence-corrected chi connectivity index (χ3v) is 4.61. The van der Waals surface area contributed by atoms with Crippen molar-refractivity contribution in [2.45, 2.75) is 30.4 Å². The van der Waals surface area contributed by atoms with E-state index in [1.54, 1.807) is 6.08 Å². The van der Waals surface area contributed by atoms with Gasteiger partial charge in [0.15, 0.2) is 5.78 Å². The quantitative estimate of drug-likeness (QED) is 0.358. The maximum atomic E-state index is 12.2. The first-order valence-corrected chi connectivity index (χ1v) is 8.72. The van der Waals surface area contributed by atoms with Gasteiger partial charge in [-0.1, -0.05) is 54.9 Å². The van der Waals surface area contributed by atoms with E-state index in [1.165, 1.54) is 4.90 Å². The summed E-state index contributed by atoms with van der Waals surface area (Å²) in [5, 5.41) is 0. The van der Waals surface area contributed by atoms with Crippen molar-refractivity contribution in [2.24, 2.45) is 0 Å². The standard InChI is InChI=1S/C19H19BrOS/c1-19(2,3)22-18-7-5-4-6-15(18)10-13-17(21)14-8-11-16(20)12-9-14/h4-13H,1-3H3/b13-10+. The zero-order chi connectivity index (χ0) is 16.2. The third-order valence-electron chi connectivity index (χ3n) is 2.88. The maximum Gasteiger partial charge on any atom is 0.185 e. The van der Waals surface area contributed by atoms with Gasteiger partial charge >= 0.3 is 0 Å². The van der Waals surface area contributed by atoms with Gasteiger partial charge in [-0.3, -0.25) is 4.79 Å². The normalized spacial score (nSPS) is 11.8. The van der Waals surface area contributed by atoms with Crippen molar-refractivity contribution in [3.63, 3.8) is 0 Å². The van der Waals surface area contributed by atoms with Gasteiger partial charge in [-0.25, -0.2) is 0 Å². The van der Waals surface area contributed by atoms with E-state index in [0.29, 0.717) is 5.56 Å². The predicted octanol–water partition coefficient (Wildman–Crippen LogP) is 6.24. The molecule has 2 aromatic carbocycles. The summed E-state index contributed by atoms with van der Waals surface area (Å²) in [7, 11) is 0. The highest BCUT2D eigenvalue weighted by Crippen LogP contribution is 2.34. The fourth-order valence-corrected chi connectivity index (χ4v) is 3.24. The molecule has 0 heterocycles. The van der Waals surface area contributed by atoms with Crippen molar-refractivity contribution in [1.82, 2.24) is 0 Å².